The monoisotopic (exact) mass is 334 g/mol. The van der Waals surface area contributed by atoms with Crippen molar-refractivity contribution < 1.29 is 31.8 Å². The van der Waals surface area contributed by atoms with Gasteiger partial charge in [0.1, 0.15) is 18.4 Å². The number of fused-ring (bicyclic) bond motifs is 4. The minimum atomic E-state index is -4.25. The molecule has 2 aliphatic heterocycles. The maximum atomic E-state index is 11.7. The first-order valence-corrected chi connectivity index (χ1v) is 7.88. The van der Waals surface area contributed by atoms with Crippen molar-refractivity contribution in [2.24, 2.45) is 0 Å². The zero-order valence-electron chi connectivity index (χ0n) is 12.1. The van der Waals surface area contributed by atoms with Crippen LogP contribution in [0.25, 0.3) is 0 Å². The van der Waals surface area contributed by atoms with E-state index in [9.17, 15) is 13.5 Å². The van der Waals surface area contributed by atoms with E-state index in [2.05, 4.69) is 0 Å². The van der Waals surface area contributed by atoms with Crippen LogP contribution in [-0.4, -0.2) is 44.5 Å². The van der Waals surface area contributed by atoms with Crippen LogP contribution in [0.4, 0.5) is 11.4 Å². The normalized spacial score (nSPS) is 16.5. The Balaban J connectivity index is 2.41. The third-order valence-corrected chi connectivity index (χ3v) is 3.83. The van der Waals surface area contributed by atoms with Gasteiger partial charge in [0.2, 0.25) is 0 Å². The van der Waals surface area contributed by atoms with Crippen molar-refractivity contribution in [3.8, 4) is 11.5 Å². The molecule has 0 spiro atoms. The maximum absolute atomic E-state index is 11.7. The molecule has 10 heteroatoms. The molecule has 0 radical (unpaired) electrons. The molecule has 3 rings (SSSR count). The van der Waals surface area contributed by atoms with Crippen molar-refractivity contribution in [1.82, 2.24) is 0 Å². The SMILES string of the molecule is CCN(OCC(O)CO)c1cc2c(N)c(C)c1OS(=O)(=O)O2. The number of benzene rings is 1. The number of hydroxylamine groups is 1. The van der Waals surface area contributed by atoms with Crippen LogP contribution in [0, 0.1) is 6.92 Å². The summed E-state index contributed by atoms with van der Waals surface area (Å²) in [6.07, 6.45) is -1.06. The number of rotatable bonds is 6. The van der Waals surface area contributed by atoms with Gasteiger partial charge in [0.15, 0.2) is 11.5 Å². The number of aliphatic hydroxyl groups excluding tert-OH is 2. The van der Waals surface area contributed by atoms with Crippen LogP contribution >= 0.6 is 0 Å². The van der Waals surface area contributed by atoms with Crippen LogP contribution in [0.5, 0.6) is 11.5 Å². The first-order valence-electron chi connectivity index (χ1n) is 6.55. The molecule has 1 atom stereocenters. The van der Waals surface area contributed by atoms with Gasteiger partial charge in [-0.15, -0.1) is 8.42 Å². The Morgan fingerprint density at radius 1 is 1.45 bits per heavy atom. The summed E-state index contributed by atoms with van der Waals surface area (Å²) < 4.78 is 33.0. The second kappa shape index (κ2) is 6.16. The molecule has 22 heavy (non-hydrogen) atoms. The van der Waals surface area contributed by atoms with E-state index in [0.29, 0.717) is 17.8 Å². The van der Waals surface area contributed by atoms with Gasteiger partial charge in [0.05, 0.1) is 12.3 Å². The van der Waals surface area contributed by atoms with Crippen molar-refractivity contribution in [2.45, 2.75) is 20.0 Å². The number of nitrogens with zero attached hydrogens (tertiary/aromatic N) is 1. The Labute approximate surface area is 128 Å². The zero-order chi connectivity index (χ0) is 16.5. The van der Waals surface area contributed by atoms with Crippen LogP contribution in [0.2, 0.25) is 0 Å². The molecular formula is C12H18N2O7S. The molecule has 0 aliphatic carbocycles. The lowest BCUT2D eigenvalue weighted by molar-refractivity contribution is -0.00291. The molecule has 0 saturated heterocycles. The van der Waals surface area contributed by atoms with E-state index in [4.69, 9.17) is 24.0 Å². The largest absolute Gasteiger partial charge is 0.501 e. The summed E-state index contributed by atoms with van der Waals surface area (Å²) in [6, 6.07) is 1.39. The molecule has 1 aromatic rings. The summed E-state index contributed by atoms with van der Waals surface area (Å²) >= 11 is 0. The summed E-state index contributed by atoms with van der Waals surface area (Å²) in [6.45, 7) is 3.06. The standard InChI is InChI=1S/C12H18N2O7S/c1-3-14(19-6-8(16)5-15)9-4-10-11(13)7(2)12(9)21-22(17,18)20-10/h4,8,15-16H,3,5-6,13H2,1-2H3. The Morgan fingerprint density at radius 2 is 2.14 bits per heavy atom. The smallest absolute Gasteiger partial charge is 0.395 e. The fourth-order valence-electron chi connectivity index (χ4n) is 1.91. The summed E-state index contributed by atoms with van der Waals surface area (Å²) in [5.41, 5.74) is 6.67. The average molecular weight is 334 g/mol. The van der Waals surface area contributed by atoms with Crippen LogP contribution in [0.15, 0.2) is 6.07 Å². The first kappa shape index (κ1) is 16.6. The molecular weight excluding hydrogens is 316 g/mol. The summed E-state index contributed by atoms with van der Waals surface area (Å²) in [5.74, 6) is -0.0578. The van der Waals surface area contributed by atoms with E-state index >= 15 is 0 Å². The van der Waals surface area contributed by atoms with E-state index < -0.39 is 23.1 Å². The van der Waals surface area contributed by atoms with Gasteiger partial charge < -0.3 is 24.3 Å². The second-order valence-corrected chi connectivity index (χ2v) is 5.81. The molecule has 1 aromatic carbocycles. The van der Waals surface area contributed by atoms with Crippen molar-refractivity contribution in [1.29, 1.82) is 0 Å². The number of aliphatic hydroxyl groups is 2. The van der Waals surface area contributed by atoms with Crippen molar-refractivity contribution in [3.05, 3.63) is 11.6 Å². The number of nitrogen functional groups attached to an aromatic ring is 1. The third-order valence-electron chi connectivity index (χ3n) is 3.08. The van der Waals surface area contributed by atoms with E-state index in [1.54, 1.807) is 13.8 Å². The molecule has 9 nitrogen and oxygen atoms in total. The first-order chi connectivity index (χ1) is 10.3. The summed E-state index contributed by atoms with van der Waals surface area (Å²) in [5, 5.41) is 19.5. The fraction of sp³-hybridized carbons (Fsp3) is 0.500. The van der Waals surface area contributed by atoms with Crippen LogP contribution in [0.1, 0.15) is 12.5 Å². The highest BCUT2D eigenvalue weighted by molar-refractivity contribution is 7.82. The third kappa shape index (κ3) is 3.19. The summed E-state index contributed by atoms with van der Waals surface area (Å²) in [4.78, 5) is 5.37. The Morgan fingerprint density at radius 3 is 2.73 bits per heavy atom. The van der Waals surface area contributed by atoms with E-state index in [1.165, 1.54) is 11.1 Å². The van der Waals surface area contributed by atoms with Gasteiger partial charge in [-0.1, -0.05) is 0 Å². The number of hydrogen-bond donors (Lipinski definition) is 3. The molecule has 0 aromatic heterocycles. The van der Waals surface area contributed by atoms with Gasteiger partial charge in [0, 0.05) is 18.2 Å². The molecule has 2 bridgehead atoms. The van der Waals surface area contributed by atoms with Crippen LogP contribution in [-0.2, 0) is 15.2 Å². The predicted octanol–water partition coefficient (Wildman–Crippen LogP) is -0.296. The minimum absolute atomic E-state index is 0.000844. The molecule has 4 N–H and O–H groups in total. The Hall–Kier alpha value is -1.75. The summed E-state index contributed by atoms with van der Waals surface area (Å²) in [7, 11) is -4.25. The van der Waals surface area contributed by atoms with E-state index in [0.717, 1.165) is 0 Å². The van der Waals surface area contributed by atoms with Crippen LogP contribution in [0.3, 0.4) is 0 Å². The Bertz CT molecular complexity index is 662. The number of anilines is 2. The average Bonchev–Trinajstić information content (AvgIpc) is 2.66. The van der Waals surface area contributed by atoms with E-state index in [1.807, 2.05) is 0 Å². The van der Waals surface area contributed by atoms with Gasteiger partial charge in [-0.3, -0.25) is 9.90 Å². The lowest BCUT2D eigenvalue weighted by Gasteiger charge is -2.25. The highest BCUT2D eigenvalue weighted by Crippen LogP contribution is 2.45. The lowest BCUT2D eigenvalue weighted by Crippen LogP contribution is -2.30. The minimum Gasteiger partial charge on any atom is -0.395 e. The van der Waals surface area contributed by atoms with Crippen molar-refractivity contribution in [3.63, 3.8) is 0 Å². The second-order valence-electron chi connectivity index (χ2n) is 4.66. The quantitative estimate of drug-likeness (QED) is 0.474. The maximum Gasteiger partial charge on any atom is 0.501 e. The molecule has 1 unspecified atom stereocenters. The predicted molar refractivity (Wildman–Crippen MR) is 77.8 cm³/mol. The van der Waals surface area contributed by atoms with Gasteiger partial charge in [-0.25, -0.2) is 0 Å². The molecule has 2 heterocycles. The van der Waals surface area contributed by atoms with Crippen LogP contribution < -0.4 is 19.2 Å². The number of hydrogen-bond acceptors (Lipinski definition) is 9. The molecule has 2 aliphatic rings. The molecule has 0 amide bonds. The molecule has 0 fully saturated rings. The van der Waals surface area contributed by atoms with Gasteiger partial charge in [0.25, 0.3) is 0 Å². The molecule has 124 valence electrons. The Kier molecular flexibility index (Phi) is 4.66. The van der Waals surface area contributed by atoms with Gasteiger partial charge >= 0.3 is 10.4 Å². The van der Waals surface area contributed by atoms with E-state index in [-0.39, 0.29) is 23.8 Å². The number of nitrogens with two attached hydrogens (primary N) is 1. The molecule has 0 saturated carbocycles. The van der Waals surface area contributed by atoms with Crippen molar-refractivity contribution in [2.75, 3.05) is 30.6 Å². The zero-order valence-corrected chi connectivity index (χ0v) is 13.0. The van der Waals surface area contributed by atoms with Gasteiger partial charge in [-0.2, -0.15) is 0 Å². The topological polar surface area (TPSA) is 132 Å². The lowest BCUT2D eigenvalue weighted by atomic mass is 10.1. The van der Waals surface area contributed by atoms with Crippen molar-refractivity contribution >= 4 is 21.8 Å². The van der Waals surface area contributed by atoms with Gasteiger partial charge in [-0.05, 0) is 13.8 Å². The fourth-order valence-corrected chi connectivity index (χ4v) is 2.72. The highest BCUT2D eigenvalue weighted by atomic mass is 32.3. The highest BCUT2D eigenvalue weighted by Gasteiger charge is 2.31.